The molecule has 1 aliphatic rings. The smallest absolute Gasteiger partial charge is 0.154 e. The Morgan fingerprint density at radius 1 is 1.42 bits per heavy atom. The van der Waals surface area contributed by atoms with Crippen molar-refractivity contribution in [2.45, 2.75) is 18.6 Å². The maximum Gasteiger partial charge on any atom is 0.154 e. The van der Waals surface area contributed by atoms with Gasteiger partial charge >= 0.3 is 0 Å². The molecule has 0 spiro atoms. The van der Waals surface area contributed by atoms with E-state index in [9.17, 15) is 4.79 Å². The summed E-state index contributed by atoms with van der Waals surface area (Å²) in [6.45, 7) is 1.80. The summed E-state index contributed by atoms with van der Waals surface area (Å²) >= 11 is 0. The molecule has 0 aromatic heterocycles. The molecule has 0 aliphatic carbocycles. The van der Waals surface area contributed by atoms with Gasteiger partial charge in [0.05, 0.1) is 0 Å². The van der Waals surface area contributed by atoms with E-state index in [4.69, 9.17) is 4.74 Å². The molecule has 1 saturated heterocycles. The fourth-order valence-corrected chi connectivity index (χ4v) is 1.34. The lowest BCUT2D eigenvalue weighted by Crippen LogP contribution is -2.06. The van der Waals surface area contributed by atoms with Crippen LogP contribution in [0.25, 0.3) is 0 Å². The second kappa shape index (κ2) is 2.42. The molecule has 2 heteroatoms. The zero-order valence-corrected chi connectivity index (χ0v) is 6.86. The first-order valence-electron chi connectivity index (χ1n) is 3.95. The minimum Gasteiger partial charge on any atom is -0.353 e. The highest BCUT2D eigenvalue weighted by atomic mass is 16.6. The number of carbonyl (C=O) groups is 1. The van der Waals surface area contributed by atoms with Crippen molar-refractivity contribution in [1.82, 2.24) is 0 Å². The van der Waals surface area contributed by atoms with Crippen molar-refractivity contribution >= 4 is 6.29 Å². The molecule has 0 radical (unpaired) electrons. The molecule has 12 heavy (non-hydrogen) atoms. The molecule has 62 valence electrons. The predicted molar refractivity (Wildman–Crippen MR) is 44.7 cm³/mol. The molecule has 2 nitrogen and oxygen atoms in total. The average molecular weight is 162 g/mol. The molecule has 1 aliphatic heterocycles. The van der Waals surface area contributed by atoms with Gasteiger partial charge < -0.3 is 9.53 Å². The van der Waals surface area contributed by atoms with Gasteiger partial charge in [-0.3, -0.25) is 0 Å². The second-order valence-corrected chi connectivity index (χ2v) is 3.21. The van der Waals surface area contributed by atoms with Crippen molar-refractivity contribution in [3.05, 3.63) is 35.9 Å². The summed E-state index contributed by atoms with van der Waals surface area (Å²) in [6.07, 6.45) is 0.834. The molecule has 0 amide bonds. The lowest BCUT2D eigenvalue weighted by atomic mass is 10.0. The summed E-state index contributed by atoms with van der Waals surface area (Å²) in [7, 11) is 0. The van der Waals surface area contributed by atoms with Crippen LogP contribution in [0.4, 0.5) is 0 Å². The van der Waals surface area contributed by atoms with Crippen molar-refractivity contribution < 1.29 is 9.53 Å². The third-order valence-corrected chi connectivity index (χ3v) is 2.17. The van der Waals surface area contributed by atoms with Gasteiger partial charge in [0.1, 0.15) is 6.10 Å². The Bertz CT molecular complexity index is 294. The Kier molecular flexibility index (Phi) is 1.51. The normalized spacial score (nSPS) is 32.9. The summed E-state index contributed by atoms with van der Waals surface area (Å²) in [6, 6.07) is 9.79. The van der Waals surface area contributed by atoms with Gasteiger partial charge in [-0.15, -0.1) is 0 Å². The first-order valence-corrected chi connectivity index (χ1v) is 3.95. The van der Waals surface area contributed by atoms with E-state index >= 15 is 0 Å². The van der Waals surface area contributed by atoms with Crippen molar-refractivity contribution in [2.75, 3.05) is 0 Å². The Morgan fingerprint density at radius 3 is 2.58 bits per heavy atom. The summed E-state index contributed by atoms with van der Waals surface area (Å²) in [5, 5.41) is 0. The number of carbonyl (C=O) groups excluding carboxylic acids is 1. The highest BCUT2D eigenvalue weighted by Gasteiger charge is 2.53. The molecule has 2 atom stereocenters. The number of hydrogen-bond acceptors (Lipinski definition) is 2. The highest BCUT2D eigenvalue weighted by Crippen LogP contribution is 2.47. The summed E-state index contributed by atoms with van der Waals surface area (Å²) in [4.78, 5) is 10.5. The van der Waals surface area contributed by atoms with Crippen LogP contribution < -0.4 is 0 Å². The van der Waals surface area contributed by atoms with Crippen molar-refractivity contribution in [2.24, 2.45) is 0 Å². The van der Waals surface area contributed by atoms with E-state index in [2.05, 4.69) is 0 Å². The van der Waals surface area contributed by atoms with E-state index in [0.717, 1.165) is 11.8 Å². The molecule has 0 bridgehead atoms. The van der Waals surface area contributed by atoms with Gasteiger partial charge in [0, 0.05) is 0 Å². The Labute approximate surface area is 71.2 Å². The van der Waals surface area contributed by atoms with Gasteiger partial charge in [-0.05, 0) is 12.5 Å². The van der Waals surface area contributed by atoms with Gasteiger partial charge in [0.15, 0.2) is 11.9 Å². The maximum atomic E-state index is 10.5. The van der Waals surface area contributed by atoms with Crippen LogP contribution >= 0.6 is 0 Å². The van der Waals surface area contributed by atoms with Gasteiger partial charge in [-0.2, -0.15) is 0 Å². The van der Waals surface area contributed by atoms with Crippen molar-refractivity contribution in [3.8, 4) is 0 Å². The van der Waals surface area contributed by atoms with Crippen LogP contribution in [0, 0.1) is 0 Å². The zero-order valence-electron chi connectivity index (χ0n) is 6.86. The molecule has 1 aromatic carbocycles. The second-order valence-electron chi connectivity index (χ2n) is 3.21. The van der Waals surface area contributed by atoms with Gasteiger partial charge in [0.2, 0.25) is 0 Å². The van der Waals surface area contributed by atoms with Crippen LogP contribution in [0.3, 0.4) is 0 Å². The third kappa shape index (κ3) is 1.04. The highest BCUT2D eigenvalue weighted by molar-refractivity contribution is 5.68. The zero-order chi connectivity index (χ0) is 8.60. The van der Waals surface area contributed by atoms with Crippen LogP contribution in [0.1, 0.15) is 18.6 Å². The lowest BCUT2D eigenvalue weighted by molar-refractivity contribution is -0.111. The Balaban J connectivity index is 2.21. The summed E-state index contributed by atoms with van der Waals surface area (Å²) < 4.78 is 5.27. The van der Waals surface area contributed by atoms with Crippen LogP contribution in [0.15, 0.2) is 30.3 Å². The van der Waals surface area contributed by atoms with Crippen LogP contribution in [0.5, 0.6) is 0 Å². The van der Waals surface area contributed by atoms with Gasteiger partial charge in [0.25, 0.3) is 0 Å². The predicted octanol–water partition coefficient (Wildman–Crippen LogP) is 1.72. The van der Waals surface area contributed by atoms with E-state index in [1.807, 2.05) is 30.3 Å². The fraction of sp³-hybridized carbons (Fsp3) is 0.300. The van der Waals surface area contributed by atoms with Crippen molar-refractivity contribution in [3.63, 3.8) is 0 Å². The van der Waals surface area contributed by atoms with E-state index in [0.29, 0.717) is 0 Å². The molecule has 2 rings (SSSR count). The Morgan fingerprint density at radius 2 is 2.08 bits per heavy atom. The molecule has 0 N–H and O–H groups in total. The molecule has 1 aromatic rings. The van der Waals surface area contributed by atoms with Crippen LogP contribution in [0.2, 0.25) is 0 Å². The quantitative estimate of drug-likeness (QED) is 0.489. The number of hydrogen-bond donors (Lipinski definition) is 0. The number of rotatable bonds is 2. The molecule has 1 unspecified atom stereocenters. The molecule has 0 saturated carbocycles. The van der Waals surface area contributed by atoms with E-state index in [1.54, 1.807) is 6.92 Å². The molecule has 1 fully saturated rings. The summed E-state index contributed by atoms with van der Waals surface area (Å²) in [5.74, 6) is 0. The topological polar surface area (TPSA) is 29.6 Å². The number of epoxide rings is 1. The minimum absolute atomic E-state index is 0.0313. The fourth-order valence-electron chi connectivity index (χ4n) is 1.34. The molecular formula is C10H10O2. The van der Waals surface area contributed by atoms with E-state index < -0.39 is 5.60 Å². The monoisotopic (exact) mass is 162 g/mol. The standard InChI is InChI=1S/C10H10O2/c1-10(7-11)9(12-10)8-5-3-2-4-6-8/h2-7,9H,1H3/t9?,10-/m1/s1. The van der Waals surface area contributed by atoms with Gasteiger partial charge in [-0.1, -0.05) is 30.3 Å². The third-order valence-electron chi connectivity index (χ3n) is 2.17. The van der Waals surface area contributed by atoms with Crippen LogP contribution in [-0.2, 0) is 9.53 Å². The average Bonchev–Trinajstić information content (AvgIpc) is 2.81. The maximum absolute atomic E-state index is 10.5. The molecular weight excluding hydrogens is 152 g/mol. The van der Waals surface area contributed by atoms with E-state index in [-0.39, 0.29) is 6.10 Å². The van der Waals surface area contributed by atoms with Crippen LogP contribution in [-0.4, -0.2) is 11.9 Å². The van der Waals surface area contributed by atoms with Crippen molar-refractivity contribution in [1.29, 1.82) is 0 Å². The number of aldehydes is 1. The Hall–Kier alpha value is -1.15. The first-order chi connectivity index (χ1) is 5.76. The molecule has 1 heterocycles. The van der Waals surface area contributed by atoms with Gasteiger partial charge in [-0.25, -0.2) is 0 Å². The first kappa shape index (κ1) is 7.50. The summed E-state index contributed by atoms with van der Waals surface area (Å²) in [5.41, 5.74) is 0.508. The lowest BCUT2D eigenvalue weighted by Gasteiger charge is -1.94. The number of benzene rings is 1. The largest absolute Gasteiger partial charge is 0.353 e. The minimum atomic E-state index is -0.568. The van der Waals surface area contributed by atoms with E-state index in [1.165, 1.54) is 0 Å². The SMILES string of the molecule is C[C@]1(C=O)OC1c1ccccc1. The number of ether oxygens (including phenoxy) is 1.